The third kappa shape index (κ3) is 4.57. The summed E-state index contributed by atoms with van der Waals surface area (Å²) in [4.78, 5) is 21.6. The van der Waals surface area contributed by atoms with Crippen molar-refractivity contribution in [2.45, 2.75) is 0 Å². The van der Waals surface area contributed by atoms with Crippen molar-refractivity contribution in [1.82, 2.24) is 19.3 Å². The van der Waals surface area contributed by atoms with Crippen LogP contribution in [0.15, 0.2) is 42.9 Å². The maximum absolute atomic E-state index is 10.8. The van der Waals surface area contributed by atoms with Crippen molar-refractivity contribution in [2.24, 2.45) is 0 Å². The first kappa shape index (κ1) is 18.7. The van der Waals surface area contributed by atoms with Gasteiger partial charge in [0.15, 0.2) is 5.65 Å². The number of aromatic nitrogens is 3. The highest BCUT2D eigenvalue weighted by atomic mass is 127. The molecule has 1 aromatic carbocycles. The molecule has 1 fully saturated rings. The van der Waals surface area contributed by atoms with E-state index in [9.17, 15) is 4.79 Å². The molecule has 136 valence electrons. The van der Waals surface area contributed by atoms with Crippen LogP contribution in [0.5, 0.6) is 0 Å². The van der Waals surface area contributed by atoms with Gasteiger partial charge in [-0.1, -0.05) is 12.1 Å². The standard InChI is InChI=1S/C13H8IN3O2.C5H11NO/c14-11-5-16-12-6-15-10(7-17(11)12)8-1-3-9(4-2-8)13(18)19;1-6-2-4-7-5-3-6/h1-7H,(H,18,19);2-5H2,1H3. The lowest BCUT2D eigenvalue weighted by molar-refractivity contribution is 0.0503. The molecule has 2 aromatic heterocycles. The average molecular weight is 466 g/mol. The zero-order valence-corrected chi connectivity index (χ0v) is 16.5. The smallest absolute Gasteiger partial charge is 0.335 e. The summed E-state index contributed by atoms with van der Waals surface area (Å²) in [5.74, 6) is -0.931. The van der Waals surface area contributed by atoms with E-state index in [0.29, 0.717) is 0 Å². The lowest BCUT2D eigenvalue weighted by Gasteiger charge is -2.21. The number of halogens is 1. The maximum atomic E-state index is 10.8. The second-order valence-corrected chi connectivity index (χ2v) is 6.99. The number of fused-ring (bicyclic) bond motifs is 1. The van der Waals surface area contributed by atoms with E-state index in [4.69, 9.17) is 9.84 Å². The van der Waals surface area contributed by atoms with Crippen molar-refractivity contribution in [3.05, 3.63) is 52.1 Å². The molecule has 8 heteroatoms. The van der Waals surface area contributed by atoms with Crippen molar-refractivity contribution in [2.75, 3.05) is 33.4 Å². The third-order valence-corrected chi connectivity index (χ3v) is 4.81. The number of nitrogens with zero attached hydrogens (tertiary/aromatic N) is 4. The van der Waals surface area contributed by atoms with Crippen LogP contribution in [0.1, 0.15) is 10.4 Å². The molecule has 0 aliphatic carbocycles. The molecule has 0 radical (unpaired) electrons. The summed E-state index contributed by atoms with van der Waals surface area (Å²) in [6, 6.07) is 6.65. The van der Waals surface area contributed by atoms with Crippen LogP contribution in [0.4, 0.5) is 0 Å². The first-order valence-corrected chi connectivity index (χ1v) is 9.21. The van der Waals surface area contributed by atoms with Gasteiger partial charge in [0.1, 0.15) is 3.70 Å². The minimum Gasteiger partial charge on any atom is -0.478 e. The maximum Gasteiger partial charge on any atom is 0.335 e. The van der Waals surface area contributed by atoms with Crippen molar-refractivity contribution >= 4 is 34.2 Å². The molecule has 3 aromatic rings. The van der Waals surface area contributed by atoms with Crippen LogP contribution in [0, 0.1) is 3.70 Å². The Morgan fingerprint density at radius 2 is 1.85 bits per heavy atom. The quantitative estimate of drug-likeness (QED) is 0.586. The lowest BCUT2D eigenvalue weighted by atomic mass is 10.1. The number of rotatable bonds is 2. The monoisotopic (exact) mass is 466 g/mol. The summed E-state index contributed by atoms with van der Waals surface area (Å²) in [5, 5.41) is 8.87. The van der Waals surface area contributed by atoms with Gasteiger partial charge in [-0.05, 0) is 41.8 Å². The van der Waals surface area contributed by atoms with Gasteiger partial charge in [0.2, 0.25) is 0 Å². The molecular weight excluding hydrogens is 447 g/mol. The van der Waals surface area contributed by atoms with E-state index in [1.165, 1.54) is 0 Å². The molecule has 1 saturated heterocycles. The highest BCUT2D eigenvalue weighted by molar-refractivity contribution is 14.1. The van der Waals surface area contributed by atoms with Crippen LogP contribution in [0.3, 0.4) is 0 Å². The molecule has 1 N–H and O–H groups in total. The lowest BCUT2D eigenvalue weighted by Crippen LogP contribution is -2.32. The molecule has 4 rings (SSSR count). The highest BCUT2D eigenvalue weighted by Gasteiger charge is 2.06. The molecule has 1 aliphatic rings. The topological polar surface area (TPSA) is 80.0 Å². The zero-order chi connectivity index (χ0) is 18.5. The fraction of sp³-hybridized carbons (Fsp3) is 0.278. The molecule has 0 bridgehead atoms. The molecule has 1 aliphatic heterocycles. The Morgan fingerprint density at radius 1 is 1.15 bits per heavy atom. The van der Waals surface area contributed by atoms with E-state index < -0.39 is 5.97 Å². The summed E-state index contributed by atoms with van der Waals surface area (Å²) in [6.45, 7) is 4.02. The molecular formula is C18H19IN4O3. The van der Waals surface area contributed by atoms with Crippen LogP contribution >= 0.6 is 22.6 Å². The summed E-state index contributed by atoms with van der Waals surface area (Å²) < 4.78 is 8.04. The Bertz CT molecular complexity index is 889. The number of hydrogen-bond acceptors (Lipinski definition) is 5. The van der Waals surface area contributed by atoms with Crippen molar-refractivity contribution < 1.29 is 14.6 Å². The van der Waals surface area contributed by atoms with Crippen molar-refractivity contribution in [3.8, 4) is 11.3 Å². The number of likely N-dealkylation sites (N-methyl/N-ethyl adjacent to an activating group) is 1. The minimum absolute atomic E-state index is 0.266. The van der Waals surface area contributed by atoms with E-state index in [-0.39, 0.29) is 5.56 Å². The SMILES string of the molecule is CN1CCOCC1.O=C(O)c1ccc(-c2cn3c(I)cnc3cn2)cc1. The highest BCUT2D eigenvalue weighted by Crippen LogP contribution is 2.19. The zero-order valence-electron chi connectivity index (χ0n) is 14.3. The molecule has 0 spiro atoms. The van der Waals surface area contributed by atoms with Crippen LogP contribution in [0.25, 0.3) is 16.9 Å². The van der Waals surface area contributed by atoms with Crippen molar-refractivity contribution in [3.63, 3.8) is 0 Å². The van der Waals surface area contributed by atoms with Crippen molar-refractivity contribution in [1.29, 1.82) is 0 Å². The van der Waals surface area contributed by atoms with Gasteiger partial charge in [-0.15, -0.1) is 0 Å². The van der Waals surface area contributed by atoms with E-state index >= 15 is 0 Å². The van der Waals surface area contributed by atoms with E-state index in [1.54, 1.807) is 36.7 Å². The Balaban J connectivity index is 0.000000236. The largest absolute Gasteiger partial charge is 0.478 e. The Morgan fingerprint density at radius 3 is 2.42 bits per heavy atom. The Kier molecular flexibility index (Phi) is 6.17. The first-order valence-electron chi connectivity index (χ1n) is 8.13. The molecule has 0 amide bonds. The normalized spacial score (nSPS) is 14.7. The summed E-state index contributed by atoms with van der Waals surface area (Å²) >= 11 is 2.20. The number of benzene rings is 1. The number of carboxylic acid groups (broad SMARTS) is 1. The van der Waals surface area contributed by atoms with Gasteiger partial charge in [0.05, 0.1) is 36.9 Å². The van der Waals surface area contributed by atoms with Gasteiger partial charge in [0, 0.05) is 24.8 Å². The second-order valence-electron chi connectivity index (χ2n) is 5.88. The number of aromatic carboxylic acids is 1. The fourth-order valence-electron chi connectivity index (χ4n) is 2.45. The average Bonchev–Trinajstić information content (AvgIpc) is 3.03. The predicted molar refractivity (Wildman–Crippen MR) is 106 cm³/mol. The summed E-state index contributed by atoms with van der Waals surface area (Å²) in [5.41, 5.74) is 2.70. The number of ether oxygens (including phenoxy) is 1. The van der Waals surface area contributed by atoms with Crippen LogP contribution in [-0.2, 0) is 4.74 Å². The predicted octanol–water partition coefficient (Wildman–Crippen LogP) is 2.65. The molecule has 0 atom stereocenters. The van der Waals surface area contributed by atoms with E-state index in [1.807, 2.05) is 10.6 Å². The second kappa shape index (κ2) is 8.56. The number of imidazole rings is 1. The Hall–Kier alpha value is -2.04. The molecule has 26 heavy (non-hydrogen) atoms. The molecule has 0 unspecified atom stereocenters. The molecule has 0 saturated carbocycles. The van der Waals surface area contributed by atoms with Gasteiger partial charge >= 0.3 is 5.97 Å². The van der Waals surface area contributed by atoms with Crippen LogP contribution in [0.2, 0.25) is 0 Å². The molecule has 7 nitrogen and oxygen atoms in total. The minimum atomic E-state index is -0.931. The summed E-state index contributed by atoms with van der Waals surface area (Å²) in [7, 11) is 2.11. The van der Waals surface area contributed by atoms with Gasteiger partial charge in [-0.3, -0.25) is 9.38 Å². The van der Waals surface area contributed by atoms with Crippen LogP contribution in [-0.4, -0.2) is 63.7 Å². The summed E-state index contributed by atoms with van der Waals surface area (Å²) in [6.07, 6.45) is 5.36. The molecule has 3 heterocycles. The van der Waals surface area contributed by atoms with Gasteiger partial charge in [-0.2, -0.15) is 0 Å². The number of morpholine rings is 1. The Labute approximate surface area is 164 Å². The van der Waals surface area contributed by atoms with Gasteiger partial charge in [0.25, 0.3) is 0 Å². The number of carboxylic acids is 1. The van der Waals surface area contributed by atoms with E-state index in [0.717, 1.165) is 46.9 Å². The fourth-order valence-corrected chi connectivity index (χ4v) is 2.97. The third-order valence-electron chi connectivity index (χ3n) is 4.01. The number of hydrogen-bond donors (Lipinski definition) is 1. The van der Waals surface area contributed by atoms with Gasteiger partial charge in [-0.25, -0.2) is 9.78 Å². The first-order chi connectivity index (χ1) is 12.5. The number of carbonyl (C=O) groups is 1. The van der Waals surface area contributed by atoms with Crippen LogP contribution < -0.4 is 0 Å². The van der Waals surface area contributed by atoms with E-state index in [2.05, 4.69) is 44.5 Å². The van der Waals surface area contributed by atoms with Gasteiger partial charge < -0.3 is 14.7 Å².